The Bertz CT molecular complexity index is 565. The average molecular weight is 330 g/mol. The van der Waals surface area contributed by atoms with Crippen LogP contribution in [0.3, 0.4) is 0 Å². The van der Waals surface area contributed by atoms with Crippen LogP contribution in [-0.2, 0) is 0 Å². The van der Waals surface area contributed by atoms with Crippen LogP contribution in [0, 0.1) is 0 Å². The normalized spacial score (nSPS) is 12.5. The molecule has 2 aromatic carbocycles. The number of rotatable bonds is 7. The molecule has 0 aliphatic carbocycles. The SMILES string of the molecule is OC/C(=C/C=C(/CO)Sc1ccccc1)Sc1ccccc1. The minimum atomic E-state index is -0.0230. The van der Waals surface area contributed by atoms with Crippen molar-refractivity contribution in [3.63, 3.8) is 0 Å². The molecule has 2 nitrogen and oxygen atoms in total. The summed E-state index contributed by atoms with van der Waals surface area (Å²) < 4.78 is 0. The lowest BCUT2D eigenvalue weighted by Gasteiger charge is -2.05. The van der Waals surface area contributed by atoms with Crippen LogP contribution in [0.1, 0.15) is 0 Å². The summed E-state index contributed by atoms with van der Waals surface area (Å²) >= 11 is 3.05. The van der Waals surface area contributed by atoms with E-state index in [0.717, 1.165) is 19.6 Å². The number of aliphatic hydroxyl groups excluding tert-OH is 2. The van der Waals surface area contributed by atoms with Gasteiger partial charge in [0.05, 0.1) is 13.2 Å². The Morgan fingerprint density at radius 1 is 0.682 bits per heavy atom. The minimum absolute atomic E-state index is 0.0230. The third kappa shape index (κ3) is 5.73. The number of hydrogen-bond acceptors (Lipinski definition) is 4. The van der Waals surface area contributed by atoms with Gasteiger partial charge in [-0.15, -0.1) is 0 Å². The van der Waals surface area contributed by atoms with E-state index >= 15 is 0 Å². The van der Waals surface area contributed by atoms with Gasteiger partial charge >= 0.3 is 0 Å². The van der Waals surface area contributed by atoms with E-state index in [2.05, 4.69) is 0 Å². The fraction of sp³-hybridized carbons (Fsp3) is 0.111. The summed E-state index contributed by atoms with van der Waals surface area (Å²) in [6, 6.07) is 19.8. The lowest BCUT2D eigenvalue weighted by atomic mass is 10.4. The molecule has 0 unspecified atom stereocenters. The average Bonchev–Trinajstić information content (AvgIpc) is 2.59. The fourth-order valence-corrected chi connectivity index (χ4v) is 3.30. The van der Waals surface area contributed by atoms with Crippen molar-refractivity contribution in [1.29, 1.82) is 0 Å². The lowest BCUT2D eigenvalue weighted by molar-refractivity contribution is 0.338. The first-order chi connectivity index (χ1) is 10.8. The maximum Gasteiger partial charge on any atom is 0.0744 e. The van der Waals surface area contributed by atoms with Gasteiger partial charge in [0, 0.05) is 19.6 Å². The quantitative estimate of drug-likeness (QED) is 0.586. The highest BCUT2D eigenvalue weighted by Gasteiger charge is 2.01. The molecule has 0 aliphatic heterocycles. The molecule has 0 atom stereocenters. The summed E-state index contributed by atoms with van der Waals surface area (Å²) in [6.45, 7) is -0.0461. The van der Waals surface area contributed by atoms with Gasteiger partial charge in [-0.25, -0.2) is 0 Å². The van der Waals surface area contributed by atoms with Gasteiger partial charge in [-0.2, -0.15) is 0 Å². The molecular formula is C18H18O2S2. The van der Waals surface area contributed by atoms with Crippen LogP contribution in [0.2, 0.25) is 0 Å². The largest absolute Gasteiger partial charge is 0.391 e. The van der Waals surface area contributed by atoms with Crippen LogP contribution in [0.4, 0.5) is 0 Å². The lowest BCUT2D eigenvalue weighted by Crippen LogP contribution is -1.88. The molecule has 0 amide bonds. The molecule has 0 saturated heterocycles. The van der Waals surface area contributed by atoms with E-state index < -0.39 is 0 Å². The standard InChI is InChI=1S/C18H18O2S2/c19-13-17(21-15-7-3-1-4-8-15)11-12-18(14-20)22-16-9-5-2-6-10-16/h1-12,19-20H,13-14H2/b17-11-,18-12-. The van der Waals surface area contributed by atoms with Crippen molar-refractivity contribution in [2.24, 2.45) is 0 Å². The van der Waals surface area contributed by atoms with Crippen molar-refractivity contribution in [2.75, 3.05) is 13.2 Å². The summed E-state index contributed by atoms with van der Waals surface area (Å²) in [7, 11) is 0. The van der Waals surface area contributed by atoms with Gasteiger partial charge in [0.15, 0.2) is 0 Å². The van der Waals surface area contributed by atoms with Gasteiger partial charge in [0.1, 0.15) is 0 Å². The third-order valence-corrected chi connectivity index (χ3v) is 4.82. The van der Waals surface area contributed by atoms with Crippen LogP contribution in [-0.4, -0.2) is 23.4 Å². The Morgan fingerprint density at radius 3 is 1.36 bits per heavy atom. The highest BCUT2D eigenvalue weighted by molar-refractivity contribution is 8.03. The Balaban J connectivity index is 2.06. The number of benzene rings is 2. The molecule has 2 rings (SSSR count). The molecule has 2 N–H and O–H groups in total. The molecule has 0 bridgehead atoms. The summed E-state index contributed by atoms with van der Waals surface area (Å²) in [6.07, 6.45) is 3.72. The van der Waals surface area contributed by atoms with E-state index in [1.54, 1.807) is 0 Å². The number of allylic oxidation sites excluding steroid dienone is 2. The second-order valence-corrected chi connectivity index (χ2v) is 6.81. The Morgan fingerprint density at radius 2 is 1.05 bits per heavy atom. The van der Waals surface area contributed by atoms with E-state index in [1.807, 2.05) is 72.8 Å². The van der Waals surface area contributed by atoms with E-state index in [9.17, 15) is 10.2 Å². The predicted molar refractivity (Wildman–Crippen MR) is 94.9 cm³/mol. The molecule has 0 aliphatic rings. The maximum absolute atomic E-state index is 9.47. The first kappa shape index (κ1) is 16.9. The number of hydrogen-bond donors (Lipinski definition) is 2. The van der Waals surface area contributed by atoms with Crippen molar-refractivity contribution in [3.8, 4) is 0 Å². The smallest absolute Gasteiger partial charge is 0.0744 e. The van der Waals surface area contributed by atoms with Crippen LogP contribution in [0.5, 0.6) is 0 Å². The van der Waals surface area contributed by atoms with Crippen LogP contribution >= 0.6 is 23.5 Å². The Kier molecular flexibility index (Phi) is 7.33. The van der Waals surface area contributed by atoms with Crippen molar-refractivity contribution in [2.45, 2.75) is 9.79 Å². The van der Waals surface area contributed by atoms with Gasteiger partial charge < -0.3 is 10.2 Å². The van der Waals surface area contributed by atoms with E-state index in [-0.39, 0.29) is 13.2 Å². The second kappa shape index (κ2) is 9.54. The predicted octanol–water partition coefficient (Wildman–Crippen LogP) is 4.32. The van der Waals surface area contributed by atoms with Crippen LogP contribution < -0.4 is 0 Å². The maximum atomic E-state index is 9.47. The first-order valence-electron chi connectivity index (χ1n) is 6.89. The highest BCUT2D eigenvalue weighted by Crippen LogP contribution is 2.28. The molecule has 0 fully saturated rings. The van der Waals surface area contributed by atoms with Crippen molar-refractivity contribution >= 4 is 23.5 Å². The Hall–Kier alpha value is -1.46. The van der Waals surface area contributed by atoms with E-state index in [4.69, 9.17) is 0 Å². The van der Waals surface area contributed by atoms with E-state index in [0.29, 0.717) is 0 Å². The van der Waals surface area contributed by atoms with Crippen molar-refractivity contribution in [3.05, 3.63) is 82.6 Å². The van der Waals surface area contributed by atoms with Crippen LogP contribution in [0.15, 0.2) is 92.4 Å². The van der Waals surface area contributed by atoms with Gasteiger partial charge in [0.25, 0.3) is 0 Å². The zero-order valence-electron chi connectivity index (χ0n) is 12.1. The molecule has 0 saturated carbocycles. The first-order valence-corrected chi connectivity index (χ1v) is 8.52. The minimum Gasteiger partial charge on any atom is -0.391 e. The topological polar surface area (TPSA) is 40.5 Å². The molecule has 0 heterocycles. The van der Waals surface area contributed by atoms with Gasteiger partial charge in [-0.1, -0.05) is 59.9 Å². The Labute approximate surface area is 139 Å². The summed E-state index contributed by atoms with van der Waals surface area (Å²) in [5.41, 5.74) is 0. The fourth-order valence-electron chi connectivity index (χ4n) is 1.70. The molecule has 4 heteroatoms. The number of aliphatic hydroxyl groups is 2. The van der Waals surface area contributed by atoms with Crippen LogP contribution in [0.25, 0.3) is 0 Å². The number of thioether (sulfide) groups is 2. The monoisotopic (exact) mass is 330 g/mol. The zero-order valence-corrected chi connectivity index (χ0v) is 13.7. The van der Waals surface area contributed by atoms with Gasteiger partial charge in [-0.3, -0.25) is 0 Å². The summed E-state index contributed by atoms with van der Waals surface area (Å²) in [5, 5.41) is 18.9. The summed E-state index contributed by atoms with van der Waals surface area (Å²) in [5.74, 6) is 0. The molecule has 2 aromatic rings. The highest BCUT2D eigenvalue weighted by atomic mass is 32.2. The van der Waals surface area contributed by atoms with Gasteiger partial charge in [-0.05, 0) is 36.4 Å². The van der Waals surface area contributed by atoms with Crippen molar-refractivity contribution < 1.29 is 10.2 Å². The van der Waals surface area contributed by atoms with Gasteiger partial charge in [0.2, 0.25) is 0 Å². The zero-order chi connectivity index (χ0) is 15.6. The molecule has 0 radical (unpaired) electrons. The van der Waals surface area contributed by atoms with Crippen molar-refractivity contribution in [1.82, 2.24) is 0 Å². The molecule has 0 spiro atoms. The summed E-state index contributed by atoms with van der Waals surface area (Å²) in [4.78, 5) is 3.84. The molecular weight excluding hydrogens is 312 g/mol. The molecule has 0 aromatic heterocycles. The molecule has 114 valence electrons. The third-order valence-electron chi connectivity index (χ3n) is 2.75. The second-order valence-electron chi connectivity index (χ2n) is 4.41. The van der Waals surface area contributed by atoms with E-state index in [1.165, 1.54) is 23.5 Å². The molecule has 22 heavy (non-hydrogen) atoms.